The van der Waals surface area contributed by atoms with Gasteiger partial charge in [0.1, 0.15) is 0 Å². The molecule has 0 saturated carbocycles. The monoisotopic (exact) mass is 541 g/mol. The van der Waals surface area contributed by atoms with Crippen molar-refractivity contribution in [1.82, 2.24) is 29.6 Å². The van der Waals surface area contributed by atoms with Crippen LogP contribution in [0.3, 0.4) is 0 Å². The quantitative estimate of drug-likeness (QED) is 0.483. The molecule has 39 heavy (non-hydrogen) atoms. The van der Waals surface area contributed by atoms with Gasteiger partial charge in [0, 0.05) is 24.7 Å². The molecule has 1 atom stereocenters. The lowest BCUT2D eigenvalue weighted by Gasteiger charge is -2.34. The van der Waals surface area contributed by atoms with Crippen molar-refractivity contribution in [2.45, 2.75) is 59.2 Å². The SMILES string of the molecule is Cc1c(C(=O)Nc2cnc(C3=CCC(N(C)C(=O)C(C)(C)C)CC3)cn2)cnn1-c1ccc(C(F)(F)F)cn1. The number of nitrogens with one attached hydrogen (secondary N) is 1. The number of pyridine rings is 1. The number of anilines is 1. The summed E-state index contributed by atoms with van der Waals surface area (Å²) >= 11 is 0. The van der Waals surface area contributed by atoms with Crippen LogP contribution in [0.25, 0.3) is 11.4 Å². The van der Waals surface area contributed by atoms with Gasteiger partial charge < -0.3 is 10.2 Å². The lowest BCUT2D eigenvalue weighted by Crippen LogP contribution is -2.43. The van der Waals surface area contributed by atoms with E-state index in [0.717, 1.165) is 37.1 Å². The number of rotatable bonds is 5. The molecule has 1 aliphatic rings. The lowest BCUT2D eigenvalue weighted by atomic mass is 9.89. The van der Waals surface area contributed by atoms with E-state index in [1.807, 2.05) is 32.7 Å². The van der Waals surface area contributed by atoms with E-state index in [1.165, 1.54) is 23.1 Å². The van der Waals surface area contributed by atoms with Crippen molar-refractivity contribution in [3.8, 4) is 5.82 Å². The van der Waals surface area contributed by atoms with E-state index in [4.69, 9.17) is 0 Å². The molecule has 0 fully saturated rings. The molecule has 1 N–H and O–H groups in total. The third kappa shape index (κ3) is 6.15. The fourth-order valence-corrected chi connectivity index (χ4v) is 4.38. The summed E-state index contributed by atoms with van der Waals surface area (Å²) in [6.45, 7) is 7.35. The number of aromatic nitrogens is 5. The van der Waals surface area contributed by atoms with Gasteiger partial charge in [0.2, 0.25) is 5.91 Å². The van der Waals surface area contributed by atoms with Crippen molar-refractivity contribution in [3.05, 3.63) is 65.5 Å². The Morgan fingerprint density at radius 2 is 1.79 bits per heavy atom. The largest absolute Gasteiger partial charge is 0.417 e. The van der Waals surface area contributed by atoms with Crippen LogP contribution >= 0.6 is 0 Å². The zero-order valence-corrected chi connectivity index (χ0v) is 22.4. The average Bonchev–Trinajstić information content (AvgIpc) is 3.28. The second-order valence-electron chi connectivity index (χ2n) is 10.5. The molecule has 1 unspecified atom stereocenters. The van der Waals surface area contributed by atoms with Crippen LogP contribution in [0.1, 0.15) is 67.3 Å². The van der Waals surface area contributed by atoms with Crippen LogP contribution in [0.15, 0.2) is 43.0 Å². The molecule has 0 bridgehead atoms. The highest BCUT2D eigenvalue weighted by Crippen LogP contribution is 2.30. The molecule has 206 valence electrons. The van der Waals surface area contributed by atoms with E-state index in [2.05, 4.69) is 31.4 Å². The number of carbonyl (C=O) groups is 2. The highest BCUT2D eigenvalue weighted by molar-refractivity contribution is 6.04. The second kappa shape index (κ2) is 10.6. The molecule has 2 amide bonds. The number of nitrogens with zero attached hydrogens (tertiary/aromatic N) is 6. The molecule has 12 heteroatoms. The van der Waals surface area contributed by atoms with Crippen LogP contribution in [-0.4, -0.2) is 54.5 Å². The second-order valence-corrected chi connectivity index (χ2v) is 10.5. The Bertz CT molecular complexity index is 1390. The zero-order valence-electron chi connectivity index (χ0n) is 22.4. The van der Waals surface area contributed by atoms with Crippen LogP contribution in [0.5, 0.6) is 0 Å². The Kier molecular flexibility index (Phi) is 7.58. The Labute approximate surface area is 224 Å². The van der Waals surface area contributed by atoms with E-state index >= 15 is 0 Å². The van der Waals surface area contributed by atoms with Gasteiger partial charge in [-0.2, -0.15) is 18.3 Å². The maximum Gasteiger partial charge on any atom is 0.417 e. The molecule has 1 aliphatic carbocycles. The minimum absolute atomic E-state index is 0.112. The van der Waals surface area contributed by atoms with E-state index in [0.29, 0.717) is 11.4 Å². The molecule has 0 aliphatic heterocycles. The Morgan fingerprint density at radius 1 is 1.05 bits per heavy atom. The summed E-state index contributed by atoms with van der Waals surface area (Å²) in [5, 5.41) is 6.78. The van der Waals surface area contributed by atoms with Crippen LogP contribution in [0.4, 0.5) is 19.0 Å². The molecule has 9 nitrogen and oxygen atoms in total. The number of hydrogen-bond donors (Lipinski definition) is 1. The third-order valence-electron chi connectivity index (χ3n) is 6.66. The van der Waals surface area contributed by atoms with Gasteiger partial charge in [-0.1, -0.05) is 26.8 Å². The standard InChI is InChI=1S/C27H30F3N7O2/c1-16-20(13-34-37(16)23-11-8-18(12-33-23)27(28,29)30)24(38)35-22-15-31-21(14-32-22)17-6-9-19(10-7-17)36(5)25(39)26(2,3)4/h6,8,11-15,19H,7,9-10H2,1-5H3,(H,32,35,38). The van der Waals surface area contributed by atoms with Gasteiger partial charge in [-0.15, -0.1) is 0 Å². The first-order valence-electron chi connectivity index (χ1n) is 12.4. The van der Waals surface area contributed by atoms with E-state index < -0.39 is 23.1 Å². The van der Waals surface area contributed by atoms with Gasteiger partial charge in [-0.3, -0.25) is 14.6 Å². The predicted molar refractivity (Wildman–Crippen MR) is 139 cm³/mol. The van der Waals surface area contributed by atoms with Gasteiger partial charge in [0.15, 0.2) is 11.6 Å². The molecule has 3 aromatic heterocycles. The molecule has 4 rings (SSSR count). The Hall–Kier alpha value is -4.09. The van der Waals surface area contributed by atoms with Gasteiger partial charge >= 0.3 is 6.18 Å². The molecular formula is C27H30F3N7O2. The Balaban J connectivity index is 1.40. The lowest BCUT2D eigenvalue weighted by molar-refractivity contribution is -0.140. The third-order valence-corrected chi connectivity index (χ3v) is 6.66. The molecular weight excluding hydrogens is 511 g/mol. The fourth-order valence-electron chi connectivity index (χ4n) is 4.38. The molecule has 0 spiro atoms. The number of carbonyl (C=O) groups excluding carboxylic acids is 2. The maximum absolute atomic E-state index is 12.8. The van der Waals surface area contributed by atoms with Gasteiger partial charge in [-0.05, 0) is 43.9 Å². The molecule has 0 radical (unpaired) electrons. The number of alkyl halides is 3. The smallest absolute Gasteiger partial charge is 0.342 e. The van der Waals surface area contributed by atoms with Crippen LogP contribution in [0.2, 0.25) is 0 Å². The van der Waals surface area contributed by atoms with Gasteiger partial charge in [-0.25, -0.2) is 14.6 Å². The first-order valence-corrected chi connectivity index (χ1v) is 12.4. The minimum atomic E-state index is -4.49. The highest BCUT2D eigenvalue weighted by atomic mass is 19.4. The Morgan fingerprint density at radius 3 is 2.33 bits per heavy atom. The van der Waals surface area contributed by atoms with Gasteiger partial charge in [0.25, 0.3) is 5.91 Å². The fraction of sp³-hybridized carbons (Fsp3) is 0.407. The molecule has 3 aromatic rings. The minimum Gasteiger partial charge on any atom is -0.342 e. The summed E-state index contributed by atoms with van der Waals surface area (Å²) in [4.78, 5) is 39.8. The summed E-state index contributed by atoms with van der Waals surface area (Å²) in [6, 6.07) is 2.23. The predicted octanol–water partition coefficient (Wildman–Crippen LogP) is 5.08. The summed E-state index contributed by atoms with van der Waals surface area (Å²) in [5.41, 5.74) is 1.06. The van der Waals surface area contributed by atoms with E-state index in [-0.39, 0.29) is 29.1 Å². The summed E-state index contributed by atoms with van der Waals surface area (Å²) in [7, 11) is 1.85. The first-order chi connectivity index (χ1) is 18.3. The summed E-state index contributed by atoms with van der Waals surface area (Å²) in [6.07, 6.45) is 4.98. The molecule has 0 aromatic carbocycles. The van der Waals surface area contributed by atoms with Crippen LogP contribution < -0.4 is 5.32 Å². The van der Waals surface area contributed by atoms with Crippen LogP contribution in [0, 0.1) is 12.3 Å². The first kappa shape index (κ1) is 27.9. The summed E-state index contributed by atoms with van der Waals surface area (Å²) < 4.78 is 39.7. The van der Waals surface area contributed by atoms with Crippen LogP contribution in [-0.2, 0) is 11.0 Å². The number of allylic oxidation sites excluding steroid dienone is 1. The topological polar surface area (TPSA) is 106 Å². The van der Waals surface area contributed by atoms with Gasteiger partial charge in [0.05, 0.1) is 41.1 Å². The number of amides is 2. The van der Waals surface area contributed by atoms with Crippen molar-refractivity contribution >= 4 is 23.2 Å². The van der Waals surface area contributed by atoms with Crippen molar-refractivity contribution in [3.63, 3.8) is 0 Å². The normalized spacial score (nSPS) is 16.0. The van der Waals surface area contributed by atoms with Crippen molar-refractivity contribution in [2.24, 2.45) is 5.41 Å². The van der Waals surface area contributed by atoms with Crippen molar-refractivity contribution < 1.29 is 22.8 Å². The van der Waals surface area contributed by atoms with E-state index in [1.54, 1.807) is 13.1 Å². The number of hydrogen-bond acceptors (Lipinski definition) is 6. The summed E-state index contributed by atoms with van der Waals surface area (Å²) in [5.74, 6) is 0.0219. The zero-order chi connectivity index (χ0) is 28.5. The van der Waals surface area contributed by atoms with E-state index in [9.17, 15) is 22.8 Å². The average molecular weight is 542 g/mol. The maximum atomic E-state index is 12.8. The highest BCUT2D eigenvalue weighted by Gasteiger charge is 2.31. The van der Waals surface area contributed by atoms with Crippen molar-refractivity contribution in [1.29, 1.82) is 0 Å². The number of halogens is 3. The van der Waals surface area contributed by atoms with Crippen molar-refractivity contribution in [2.75, 3.05) is 12.4 Å². The molecule has 0 saturated heterocycles. The molecule has 3 heterocycles.